The molecule has 0 bridgehead atoms. The molecule has 4 N–H and O–H groups in total. The van der Waals surface area contributed by atoms with Crippen LogP contribution >= 0.6 is 0 Å². The molecule has 1 aliphatic heterocycles. The fourth-order valence-electron chi connectivity index (χ4n) is 2.45. The van der Waals surface area contributed by atoms with E-state index in [2.05, 4.69) is 11.4 Å². The van der Waals surface area contributed by atoms with Crippen molar-refractivity contribution in [3.05, 3.63) is 35.9 Å². The largest absolute Gasteiger partial charge is 0.395 e. The zero-order valence-electron chi connectivity index (χ0n) is 14.4. The Balaban J connectivity index is 0.000000505. The van der Waals surface area contributed by atoms with Gasteiger partial charge in [-0.2, -0.15) is 5.26 Å². The van der Waals surface area contributed by atoms with Gasteiger partial charge in [-0.1, -0.05) is 30.3 Å². The van der Waals surface area contributed by atoms with E-state index in [4.69, 9.17) is 25.3 Å². The van der Waals surface area contributed by atoms with E-state index in [9.17, 15) is 0 Å². The predicted octanol–water partition coefficient (Wildman–Crippen LogP) is 1.16. The van der Waals surface area contributed by atoms with Gasteiger partial charge in [-0.3, -0.25) is 0 Å². The summed E-state index contributed by atoms with van der Waals surface area (Å²) in [7, 11) is 0. The molecule has 134 valence electrons. The zero-order chi connectivity index (χ0) is 18.0. The third kappa shape index (κ3) is 8.96. The van der Waals surface area contributed by atoms with Crippen molar-refractivity contribution in [2.45, 2.75) is 51.2 Å². The molecular formula is C18H28N2O4. The molecule has 0 saturated carbocycles. The van der Waals surface area contributed by atoms with Crippen molar-refractivity contribution in [1.29, 1.82) is 5.26 Å². The van der Waals surface area contributed by atoms with Gasteiger partial charge in [0, 0.05) is 12.1 Å². The smallest absolute Gasteiger partial charge is 0.156 e. The number of rotatable bonds is 6. The lowest BCUT2D eigenvalue weighted by Crippen LogP contribution is -2.38. The molecule has 24 heavy (non-hydrogen) atoms. The molecule has 0 radical (unpaired) electrons. The summed E-state index contributed by atoms with van der Waals surface area (Å²) in [6, 6.07) is 12.6. The molecule has 1 aliphatic rings. The molecule has 0 aromatic heterocycles. The highest BCUT2D eigenvalue weighted by Crippen LogP contribution is 2.19. The molecule has 0 amide bonds. The average Bonchev–Trinajstić information content (AvgIpc) is 2.97. The monoisotopic (exact) mass is 336 g/mol. The number of hydrogen-bond donors (Lipinski definition) is 4. The van der Waals surface area contributed by atoms with E-state index in [-0.39, 0.29) is 24.6 Å². The maximum absolute atomic E-state index is 9.10. The van der Waals surface area contributed by atoms with E-state index in [1.165, 1.54) is 19.4 Å². The lowest BCUT2D eigenvalue weighted by Gasteiger charge is -2.17. The number of nitriles is 1. The van der Waals surface area contributed by atoms with Gasteiger partial charge in [-0.15, -0.1) is 0 Å². The van der Waals surface area contributed by atoms with Gasteiger partial charge in [0.05, 0.1) is 31.8 Å². The highest BCUT2D eigenvalue weighted by Gasteiger charge is 2.29. The number of hydrogen-bond acceptors (Lipinski definition) is 6. The van der Waals surface area contributed by atoms with E-state index in [0.29, 0.717) is 13.2 Å². The molecule has 1 aromatic rings. The fourth-order valence-corrected chi connectivity index (χ4v) is 2.45. The Bertz CT molecular complexity index is 490. The summed E-state index contributed by atoms with van der Waals surface area (Å²) in [6.07, 6.45) is 1.93. The molecule has 1 saturated heterocycles. The van der Waals surface area contributed by atoms with Crippen LogP contribution in [0.2, 0.25) is 0 Å². The van der Waals surface area contributed by atoms with Crippen LogP contribution in [0.4, 0.5) is 0 Å². The van der Waals surface area contributed by atoms with Crippen LogP contribution in [-0.2, 0) is 11.3 Å². The number of ether oxygens (including phenoxy) is 1. The first-order valence-electron chi connectivity index (χ1n) is 8.16. The Morgan fingerprint density at radius 1 is 1.29 bits per heavy atom. The van der Waals surface area contributed by atoms with Crippen molar-refractivity contribution in [1.82, 2.24) is 5.32 Å². The van der Waals surface area contributed by atoms with Gasteiger partial charge < -0.3 is 25.4 Å². The van der Waals surface area contributed by atoms with E-state index in [0.717, 1.165) is 12.8 Å². The Morgan fingerprint density at radius 2 is 1.92 bits per heavy atom. The summed E-state index contributed by atoms with van der Waals surface area (Å²) in [5, 5.41) is 37.5. The van der Waals surface area contributed by atoms with E-state index < -0.39 is 5.79 Å². The van der Waals surface area contributed by atoms with Crippen LogP contribution in [0.5, 0.6) is 0 Å². The van der Waals surface area contributed by atoms with Gasteiger partial charge in [0.25, 0.3) is 0 Å². The zero-order valence-corrected chi connectivity index (χ0v) is 14.4. The first-order valence-corrected chi connectivity index (χ1v) is 8.16. The van der Waals surface area contributed by atoms with Crippen LogP contribution in [-0.4, -0.2) is 46.4 Å². The summed E-state index contributed by atoms with van der Waals surface area (Å²) in [5.74, 6) is -1.81. The number of aliphatic hydroxyl groups is 3. The second kappa shape index (κ2) is 10.4. The molecule has 1 aromatic carbocycles. The van der Waals surface area contributed by atoms with Crippen molar-refractivity contribution in [3.8, 4) is 6.07 Å². The highest BCUT2D eigenvalue weighted by molar-refractivity contribution is 5.13. The predicted molar refractivity (Wildman–Crippen MR) is 90.7 cm³/mol. The third-order valence-electron chi connectivity index (χ3n) is 3.55. The number of aliphatic hydroxyl groups excluding tert-OH is 1. The summed E-state index contributed by atoms with van der Waals surface area (Å²) >= 11 is 0. The maximum Gasteiger partial charge on any atom is 0.156 e. The van der Waals surface area contributed by atoms with Crippen LogP contribution in [0.25, 0.3) is 0 Å². The Labute approximate surface area is 143 Å². The molecule has 1 fully saturated rings. The van der Waals surface area contributed by atoms with E-state index in [1.807, 2.05) is 30.3 Å². The maximum atomic E-state index is 9.10. The number of nitrogens with one attached hydrogen (secondary N) is 1. The summed E-state index contributed by atoms with van der Waals surface area (Å²) in [5.41, 5.74) is 1.17. The Kier molecular flexibility index (Phi) is 8.90. The van der Waals surface area contributed by atoms with Gasteiger partial charge in [0.1, 0.15) is 0 Å². The van der Waals surface area contributed by atoms with Crippen molar-refractivity contribution < 1.29 is 20.1 Å². The summed E-state index contributed by atoms with van der Waals surface area (Å²) in [6.45, 7) is 3.78. The minimum absolute atomic E-state index is 0.0776. The minimum Gasteiger partial charge on any atom is -0.395 e. The van der Waals surface area contributed by atoms with Gasteiger partial charge in [-0.05, 0) is 32.3 Å². The van der Waals surface area contributed by atoms with Gasteiger partial charge in [-0.25, -0.2) is 0 Å². The molecule has 0 aliphatic carbocycles. The summed E-state index contributed by atoms with van der Waals surface area (Å²) in [4.78, 5) is 0. The molecule has 0 spiro atoms. The fraction of sp³-hybridized carbons (Fsp3) is 0.611. The van der Waals surface area contributed by atoms with Crippen LogP contribution in [0.3, 0.4) is 0 Å². The van der Waals surface area contributed by atoms with Crippen LogP contribution in [0.1, 0.15) is 32.3 Å². The number of nitrogens with zero attached hydrogens (tertiary/aromatic N) is 1. The SMILES string of the molecule is CC(C)(O)O.N#CC(CO)C1CCC(COCc2ccccc2)N1. The first-order chi connectivity index (χ1) is 11.3. The quantitative estimate of drug-likeness (QED) is 0.581. The molecule has 6 heteroatoms. The van der Waals surface area contributed by atoms with Crippen LogP contribution < -0.4 is 5.32 Å². The van der Waals surface area contributed by atoms with Crippen molar-refractivity contribution in [2.24, 2.45) is 5.92 Å². The average molecular weight is 336 g/mol. The molecule has 3 unspecified atom stereocenters. The molecule has 3 atom stereocenters. The lowest BCUT2D eigenvalue weighted by atomic mass is 10.0. The molecule has 1 heterocycles. The van der Waals surface area contributed by atoms with E-state index >= 15 is 0 Å². The topological polar surface area (TPSA) is 106 Å². The van der Waals surface area contributed by atoms with Crippen LogP contribution in [0, 0.1) is 17.2 Å². The van der Waals surface area contributed by atoms with Gasteiger partial charge in [0.15, 0.2) is 5.79 Å². The molecule has 2 rings (SSSR count). The second-order valence-corrected chi connectivity index (χ2v) is 6.46. The first kappa shape index (κ1) is 20.6. The van der Waals surface area contributed by atoms with Crippen molar-refractivity contribution >= 4 is 0 Å². The molecule has 6 nitrogen and oxygen atoms in total. The lowest BCUT2D eigenvalue weighted by molar-refractivity contribution is -0.127. The second-order valence-electron chi connectivity index (χ2n) is 6.46. The standard InChI is InChI=1S/C15H20N2O2.C3H8O2/c16-8-13(9-18)15-7-6-14(17-15)11-19-10-12-4-2-1-3-5-12;1-3(2,4)5/h1-5,13-15,17-18H,6-7,9-11H2;4-5H,1-2H3. The van der Waals surface area contributed by atoms with Crippen molar-refractivity contribution in [2.75, 3.05) is 13.2 Å². The van der Waals surface area contributed by atoms with Crippen molar-refractivity contribution in [3.63, 3.8) is 0 Å². The Hall–Kier alpha value is -1.49. The van der Waals surface area contributed by atoms with Gasteiger partial charge >= 0.3 is 0 Å². The number of benzene rings is 1. The Morgan fingerprint density at radius 3 is 2.46 bits per heavy atom. The van der Waals surface area contributed by atoms with E-state index in [1.54, 1.807) is 0 Å². The highest BCUT2D eigenvalue weighted by atomic mass is 16.5. The third-order valence-corrected chi connectivity index (χ3v) is 3.55. The van der Waals surface area contributed by atoms with Gasteiger partial charge in [0.2, 0.25) is 0 Å². The normalized spacial score (nSPS) is 21.5. The molecular weight excluding hydrogens is 308 g/mol. The van der Waals surface area contributed by atoms with Crippen LogP contribution in [0.15, 0.2) is 30.3 Å². The minimum atomic E-state index is -1.50. The summed E-state index contributed by atoms with van der Waals surface area (Å²) < 4.78 is 5.69.